The Kier molecular flexibility index (Phi) is 7.03. The van der Waals surface area contributed by atoms with Crippen molar-refractivity contribution in [2.75, 3.05) is 31.3 Å². The lowest BCUT2D eigenvalue weighted by molar-refractivity contribution is -0.113. The first-order valence-electron chi connectivity index (χ1n) is 10.6. The molecular formula is C24H26N2O4S2. The molecule has 1 saturated heterocycles. The molecule has 0 unspecified atom stereocenters. The van der Waals surface area contributed by atoms with Crippen LogP contribution < -0.4 is 10.1 Å². The smallest absolute Gasteiger partial charge is 0.243 e. The van der Waals surface area contributed by atoms with Gasteiger partial charge in [-0.15, -0.1) is 11.8 Å². The van der Waals surface area contributed by atoms with Crippen molar-refractivity contribution in [3.8, 4) is 5.75 Å². The van der Waals surface area contributed by atoms with E-state index >= 15 is 0 Å². The van der Waals surface area contributed by atoms with Crippen LogP contribution in [0.5, 0.6) is 5.75 Å². The fourth-order valence-corrected chi connectivity index (χ4v) is 6.08. The van der Waals surface area contributed by atoms with Crippen LogP contribution in [0.1, 0.15) is 19.3 Å². The number of nitrogens with zero attached hydrogens (tertiary/aromatic N) is 1. The molecule has 1 fully saturated rings. The molecule has 0 aliphatic carbocycles. The van der Waals surface area contributed by atoms with Gasteiger partial charge in [-0.1, -0.05) is 36.8 Å². The van der Waals surface area contributed by atoms with Crippen molar-refractivity contribution in [3.63, 3.8) is 0 Å². The van der Waals surface area contributed by atoms with E-state index in [1.165, 1.54) is 35.3 Å². The van der Waals surface area contributed by atoms with Crippen LogP contribution >= 0.6 is 11.8 Å². The number of sulfonamides is 1. The SMILES string of the molecule is COc1ccc(S(=O)(=O)N2CCCCC2)cc1NC(=O)CSc1ccc2ccccc2c1. The van der Waals surface area contributed by atoms with E-state index in [-0.39, 0.29) is 16.6 Å². The van der Waals surface area contributed by atoms with Gasteiger partial charge in [0, 0.05) is 18.0 Å². The Labute approximate surface area is 193 Å². The highest BCUT2D eigenvalue weighted by atomic mass is 32.2. The molecule has 3 aromatic rings. The minimum Gasteiger partial charge on any atom is -0.495 e. The number of hydrogen-bond acceptors (Lipinski definition) is 5. The molecule has 1 aliphatic heterocycles. The normalized spacial score (nSPS) is 14.9. The second-order valence-electron chi connectivity index (χ2n) is 7.67. The van der Waals surface area contributed by atoms with E-state index in [1.807, 2.05) is 36.4 Å². The standard InChI is InChI=1S/C24H26N2O4S2/c1-30-23-12-11-21(32(28,29)26-13-5-2-6-14-26)16-22(23)25-24(27)17-31-20-10-9-18-7-3-4-8-19(18)15-20/h3-4,7-12,15-16H,2,5-6,13-14,17H2,1H3,(H,25,27). The molecule has 168 valence electrons. The number of anilines is 1. The number of nitrogens with one attached hydrogen (secondary N) is 1. The van der Waals surface area contributed by atoms with Crippen LogP contribution in [-0.4, -0.2) is 44.6 Å². The predicted octanol–water partition coefficient (Wildman–Crippen LogP) is 4.75. The van der Waals surface area contributed by atoms with Crippen LogP contribution in [0.3, 0.4) is 0 Å². The lowest BCUT2D eigenvalue weighted by Crippen LogP contribution is -2.35. The number of benzene rings is 3. The number of amides is 1. The molecule has 0 spiro atoms. The van der Waals surface area contributed by atoms with Crippen LogP contribution in [0.2, 0.25) is 0 Å². The quantitative estimate of drug-likeness (QED) is 0.504. The summed E-state index contributed by atoms with van der Waals surface area (Å²) in [6.45, 7) is 1.05. The zero-order chi connectivity index (χ0) is 22.6. The Bertz CT molecular complexity index is 1220. The molecule has 1 heterocycles. The van der Waals surface area contributed by atoms with E-state index < -0.39 is 10.0 Å². The van der Waals surface area contributed by atoms with E-state index in [0.29, 0.717) is 24.5 Å². The van der Waals surface area contributed by atoms with Gasteiger partial charge in [-0.05, 0) is 53.9 Å². The molecule has 3 aromatic carbocycles. The van der Waals surface area contributed by atoms with Gasteiger partial charge in [0.2, 0.25) is 15.9 Å². The van der Waals surface area contributed by atoms with Gasteiger partial charge in [-0.3, -0.25) is 4.79 Å². The van der Waals surface area contributed by atoms with Crippen molar-refractivity contribution in [1.29, 1.82) is 0 Å². The minimum atomic E-state index is -3.60. The second-order valence-corrected chi connectivity index (χ2v) is 10.7. The molecule has 4 rings (SSSR count). The fraction of sp³-hybridized carbons (Fsp3) is 0.292. The summed E-state index contributed by atoms with van der Waals surface area (Å²) < 4.78 is 32.9. The maximum absolute atomic E-state index is 13.0. The van der Waals surface area contributed by atoms with Crippen molar-refractivity contribution in [3.05, 3.63) is 60.7 Å². The number of carbonyl (C=O) groups is 1. The van der Waals surface area contributed by atoms with Crippen molar-refractivity contribution in [2.24, 2.45) is 0 Å². The third-order valence-electron chi connectivity index (χ3n) is 5.49. The molecule has 0 saturated carbocycles. The van der Waals surface area contributed by atoms with Crippen molar-refractivity contribution in [2.45, 2.75) is 29.1 Å². The second kappa shape index (κ2) is 9.94. The third-order valence-corrected chi connectivity index (χ3v) is 8.38. The molecule has 0 aromatic heterocycles. The highest BCUT2D eigenvalue weighted by molar-refractivity contribution is 8.00. The van der Waals surface area contributed by atoms with Gasteiger partial charge >= 0.3 is 0 Å². The summed E-state index contributed by atoms with van der Waals surface area (Å²) >= 11 is 1.43. The highest BCUT2D eigenvalue weighted by Gasteiger charge is 2.27. The van der Waals surface area contributed by atoms with Gasteiger partial charge < -0.3 is 10.1 Å². The van der Waals surface area contributed by atoms with E-state index in [0.717, 1.165) is 34.9 Å². The van der Waals surface area contributed by atoms with Gasteiger partial charge in [0.25, 0.3) is 0 Å². The van der Waals surface area contributed by atoms with Gasteiger partial charge in [-0.2, -0.15) is 4.31 Å². The van der Waals surface area contributed by atoms with E-state index in [2.05, 4.69) is 11.4 Å². The molecular weight excluding hydrogens is 444 g/mol. The average molecular weight is 471 g/mol. The van der Waals surface area contributed by atoms with Gasteiger partial charge in [0.15, 0.2) is 0 Å². The molecule has 32 heavy (non-hydrogen) atoms. The number of methoxy groups -OCH3 is 1. The maximum atomic E-state index is 13.0. The fourth-order valence-electron chi connectivity index (χ4n) is 3.79. The van der Waals surface area contributed by atoms with E-state index in [4.69, 9.17) is 4.74 Å². The Balaban J connectivity index is 1.47. The number of piperidine rings is 1. The largest absolute Gasteiger partial charge is 0.495 e. The first-order chi connectivity index (χ1) is 15.5. The Morgan fingerprint density at radius 1 is 1.00 bits per heavy atom. The van der Waals surface area contributed by atoms with Gasteiger partial charge in [-0.25, -0.2) is 8.42 Å². The van der Waals surface area contributed by atoms with Crippen LogP contribution in [0.4, 0.5) is 5.69 Å². The lowest BCUT2D eigenvalue weighted by atomic mass is 10.1. The monoisotopic (exact) mass is 470 g/mol. The van der Waals surface area contributed by atoms with Crippen molar-refractivity contribution >= 4 is 44.2 Å². The highest BCUT2D eigenvalue weighted by Crippen LogP contribution is 2.30. The summed E-state index contributed by atoms with van der Waals surface area (Å²) in [5.41, 5.74) is 0.356. The van der Waals surface area contributed by atoms with Crippen LogP contribution in [0, 0.1) is 0 Å². The Hall–Kier alpha value is -2.55. The Morgan fingerprint density at radius 2 is 1.75 bits per heavy atom. The molecule has 1 N–H and O–H groups in total. The summed E-state index contributed by atoms with van der Waals surface area (Å²) in [6, 6.07) is 18.8. The first-order valence-corrected chi connectivity index (χ1v) is 13.0. The Morgan fingerprint density at radius 3 is 2.50 bits per heavy atom. The predicted molar refractivity (Wildman–Crippen MR) is 129 cm³/mol. The van der Waals surface area contributed by atoms with Gasteiger partial charge in [0.05, 0.1) is 23.4 Å². The molecule has 0 radical (unpaired) electrons. The molecule has 0 bridgehead atoms. The zero-order valence-corrected chi connectivity index (χ0v) is 19.5. The summed E-state index contributed by atoms with van der Waals surface area (Å²) in [5, 5.41) is 5.09. The molecule has 1 aliphatic rings. The van der Waals surface area contributed by atoms with E-state index in [1.54, 1.807) is 6.07 Å². The number of thioether (sulfide) groups is 1. The van der Waals surface area contributed by atoms with Crippen molar-refractivity contribution < 1.29 is 17.9 Å². The number of rotatable bonds is 7. The minimum absolute atomic E-state index is 0.165. The summed E-state index contributed by atoms with van der Waals surface area (Å²) in [5.74, 6) is 0.394. The van der Waals surface area contributed by atoms with Crippen LogP contribution in [-0.2, 0) is 14.8 Å². The third kappa shape index (κ3) is 5.09. The maximum Gasteiger partial charge on any atom is 0.243 e. The summed E-state index contributed by atoms with van der Waals surface area (Å²) in [6.07, 6.45) is 2.78. The van der Waals surface area contributed by atoms with E-state index in [9.17, 15) is 13.2 Å². The summed E-state index contributed by atoms with van der Waals surface area (Å²) in [7, 11) is -2.11. The molecule has 0 atom stereocenters. The lowest BCUT2D eigenvalue weighted by Gasteiger charge is -2.26. The number of ether oxygens (including phenoxy) is 1. The molecule has 1 amide bonds. The van der Waals surface area contributed by atoms with Crippen molar-refractivity contribution in [1.82, 2.24) is 4.31 Å². The van der Waals surface area contributed by atoms with Gasteiger partial charge in [0.1, 0.15) is 5.75 Å². The first kappa shape index (κ1) is 22.6. The number of carbonyl (C=O) groups excluding carboxylic acids is 1. The topological polar surface area (TPSA) is 75.7 Å². The average Bonchev–Trinajstić information content (AvgIpc) is 2.83. The van der Waals surface area contributed by atoms with Crippen LogP contribution in [0.25, 0.3) is 10.8 Å². The zero-order valence-electron chi connectivity index (χ0n) is 17.9. The molecule has 8 heteroatoms. The molecule has 6 nitrogen and oxygen atoms in total. The number of fused-ring (bicyclic) bond motifs is 1. The summed E-state index contributed by atoms with van der Waals surface area (Å²) in [4.78, 5) is 13.8. The number of hydrogen-bond donors (Lipinski definition) is 1. The van der Waals surface area contributed by atoms with Crippen LogP contribution in [0.15, 0.2) is 70.5 Å².